The van der Waals surface area contributed by atoms with E-state index in [2.05, 4.69) is 63.0 Å². The van der Waals surface area contributed by atoms with Crippen molar-refractivity contribution in [1.29, 1.82) is 0 Å². The molecule has 149 valence electrons. The number of ketones is 1. The number of fused-ring (bicyclic) bond motifs is 1. The molecule has 3 aromatic rings. The van der Waals surface area contributed by atoms with Crippen molar-refractivity contribution < 1.29 is 30.0 Å². The van der Waals surface area contributed by atoms with E-state index in [-0.39, 0.29) is 31.6 Å². The summed E-state index contributed by atoms with van der Waals surface area (Å²) in [4.78, 5) is 14.7. The molecule has 0 aliphatic carbocycles. The summed E-state index contributed by atoms with van der Waals surface area (Å²) in [6, 6.07) is 14.0. The summed E-state index contributed by atoms with van der Waals surface area (Å²) in [7, 11) is 0. The van der Waals surface area contributed by atoms with Crippen molar-refractivity contribution in [2.45, 2.75) is 41.5 Å². The molecule has 0 aliphatic rings. The zero-order valence-corrected chi connectivity index (χ0v) is 19.6. The van der Waals surface area contributed by atoms with Gasteiger partial charge in [0.1, 0.15) is 0 Å². The van der Waals surface area contributed by atoms with E-state index in [0.717, 1.165) is 11.3 Å². The van der Waals surface area contributed by atoms with Gasteiger partial charge < -0.3 is 10.1 Å². The van der Waals surface area contributed by atoms with Crippen molar-refractivity contribution in [3.05, 3.63) is 76.7 Å². The SMILES string of the molecule is CC(=O)/C=C(/C)O.Cc1ccc2c(C)cnc(-c3[c-]ccc(C)c3C)c2c1.[Ir]. The number of aryl methyl sites for hydroxylation is 3. The van der Waals surface area contributed by atoms with Gasteiger partial charge in [0.05, 0.1) is 5.76 Å². The van der Waals surface area contributed by atoms with Gasteiger partial charge in [0.2, 0.25) is 0 Å². The van der Waals surface area contributed by atoms with Gasteiger partial charge in [-0.3, -0.25) is 4.79 Å². The molecule has 0 saturated carbocycles. The minimum atomic E-state index is -0.125. The van der Waals surface area contributed by atoms with Crippen LogP contribution in [-0.4, -0.2) is 15.9 Å². The summed E-state index contributed by atoms with van der Waals surface area (Å²) in [5.74, 6) is -0.0625. The van der Waals surface area contributed by atoms with E-state index in [0.29, 0.717) is 0 Å². The molecule has 4 heteroatoms. The van der Waals surface area contributed by atoms with E-state index < -0.39 is 0 Å². The smallest absolute Gasteiger partial charge is 0.155 e. The van der Waals surface area contributed by atoms with Crippen LogP contribution in [0.1, 0.15) is 36.1 Å². The summed E-state index contributed by atoms with van der Waals surface area (Å²) >= 11 is 0. The Morgan fingerprint density at radius 1 is 1.04 bits per heavy atom. The monoisotopic (exact) mass is 553 g/mol. The Bertz CT molecular complexity index is 1020. The van der Waals surface area contributed by atoms with Crippen molar-refractivity contribution in [1.82, 2.24) is 4.98 Å². The number of nitrogens with zero attached hydrogens (tertiary/aromatic N) is 1. The molecule has 0 aliphatic heterocycles. The van der Waals surface area contributed by atoms with Crippen LogP contribution in [0.5, 0.6) is 0 Å². The Hall–Kier alpha value is -2.29. The molecule has 0 spiro atoms. The van der Waals surface area contributed by atoms with E-state index in [1.807, 2.05) is 12.3 Å². The first-order valence-electron chi connectivity index (χ1n) is 8.92. The normalized spacial score (nSPS) is 10.7. The Kier molecular flexibility index (Phi) is 8.74. The third-order valence-corrected chi connectivity index (χ3v) is 4.42. The Balaban J connectivity index is 0.000000425. The summed E-state index contributed by atoms with van der Waals surface area (Å²) in [6.07, 6.45) is 3.13. The predicted octanol–water partition coefficient (Wildman–Crippen LogP) is 5.97. The first-order chi connectivity index (χ1) is 12.7. The van der Waals surface area contributed by atoms with Crippen molar-refractivity contribution >= 4 is 16.6 Å². The fourth-order valence-corrected chi connectivity index (χ4v) is 2.92. The molecule has 0 bridgehead atoms. The summed E-state index contributed by atoms with van der Waals surface area (Å²) in [5, 5.41) is 10.9. The Morgan fingerprint density at radius 3 is 2.29 bits per heavy atom. The summed E-state index contributed by atoms with van der Waals surface area (Å²) in [5.41, 5.74) is 7.16. The topological polar surface area (TPSA) is 50.2 Å². The first kappa shape index (κ1) is 23.7. The molecule has 0 fully saturated rings. The van der Waals surface area contributed by atoms with Gasteiger partial charge in [-0.05, 0) is 49.7 Å². The van der Waals surface area contributed by atoms with Gasteiger partial charge in [-0.25, -0.2) is 0 Å². The molecular weight excluding hydrogens is 526 g/mol. The second kappa shape index (κ2) is 10.3. The number of aliphatic hydroxyl groups excluding tert-OH is 1. The quantitative estimate of drug-likeness (QED) is 0.242. The number of allylic oxidation sites excluding steroid dienone is 2. The zero-order valence-electron chi connectivity index (χ0n) is 17.2. The summed E-state index contributed by atoms with van der Waals surface area (Å²) in [6.45, 7) is 11.4. The van der Waals surface area contributed by atoms with Crippen LogP contribution in [0.25, 0.3) is 22.0 Å². The second-order valence-corrected chi connectivity index (χ2v) is 6.90. The number of carbonyl (C=O) groups excluding carboxylic acids is 1. The molecule has 1 radical (unpaired) electrons. The third-order valence-electron chi connectivity index (χ3n) is 4.42. The average Bonchev–Trinajstić information content (AvgIpc) is 2.57. The van der Waals surface area contributed by atoms with Gasteiger partial charge >= 0.3 is 0 Å². The van der Waals surface area contributed by atoms with E-state index >= 15 is 0 Å². The molecule has 3 nitrogen and oxygen atoms in total. The maximum absolute atomic E-state index is 10.0. The predicted molar refractivity (Wildman–Crippen MR) is 112 cm³/mol. The molecule has 0 atom stereocenters. The van der Waals surface area contributed by atoms with Gasteiger partial charge in [-0.1, -0.05) is 37.6 Å². The summed E-state index contributed by atoms with van der Waals surface area (Å²) < 4.78 is 0. The molecule has 0 unspecified atom stereocenters. The molecule has 1 N–H and O–H groups in total. The standard InChI is InChI=1S/C19H18N.C5H8O2.Ir/c1-12-8-9-16-14(3)11-20-19(18(16)10-12)17-7-5-6-13(2)15(17)4;1-4(6)3-5(2)7;/h5-6,8-11H,1-4H3;3,6H,1-2H3;/q-1;;/b;4-3-;. The van der Waals surface area contributed by atoms with Gasteiger partial charge in [-0.2, -0.15) is 0 Å². The molecular formula is C24H26IrNO2-. The van der Waals surface area contributed by atoms with Crippen LogP contribution in [0, 0.1) is 33.8 Å². The number of benzene rings is 2. The molecule has 1 heterocycles. The van der Waals surface area contributed by atoms with Crippen LogP contribution >= 0.6 is 0 Å². The van der Waals surface area contributed by atoms with Crippen LogP contribution in [0.15, 0.2) is 48.4 Å². The second-order valence-electron chi connectivity index (χ2n) is 6.90. The fourth-order valence-electron chi connectivity index (χ4n) is 2.92. The number of aromatic nitrogens is 1. The zero-order chi connectivity index (χ0) is 20.1. The van der Waals surface area contributed by atoms with Crippen molar-refractivity contribution in [2.24, 2.45) is 0 Å². The number of pyridine rings is 1. The van der Waals surface area contributed by atoms with Crippen molar-refractivity contribution in [3.8, 4) is 11.3 Å². The molecule has 0 amide bonds. The van der Waals surface area contributed by atoms with Crippen molar-refractivity contribution in [3.63, 3.8) is 0 Å². The molecule has 2 aromatic carbocycles. The van der Waals surface area contributed by atoms with Gasteiger partial charge in [-0.15, -0.1) is 34.9 Å². The minimum absolute atomic E-state index is 0. The number of rotatable bonds is 2. The van der Waals surface area contributed by atoms with Crippen LogP contribution < -0.4 is 0 Å². The van der Waals surface area contributed by atoms with Gasteiger partial charge in [0, 0.05) is 32.4 Å². The molecule has 28 heavy (non-hydrogen) atoms. The van der Waals surface area contributed by atoms with Crippen LogP contribution in [0.4, 0.5) is 0 Å². The maximum atomic E-state index is 10.0. The first-order valence-corrected chi connectivity index (χ1v) is 8.92. The van der Waals surface area contributed by atoms with Gasteiger partial charge in [0.15, 0.2) is 5.78 Å². The van der Waals surface area contributed by atoms with Crippen LogP contribution in [0.2, 0.25) is 0 Å². The van der Waals surface area contributed by atoms with E-state index in [1.165, 1.54) is 52.9 Å². The Labute approximate surface area is 180 Å². The number of aliphatic hydroxyl groups is 1. The van der Waals surface area contributed by atoms with E-state index in [1.54, 1.807) is 0 Å². The number of hydrogen-bond donors (Lipinski definition) is 1. The number of hydrogen-bond acceptors (Lipinski definition) is 3. The number of carbonyl (C=O) groups is 1. The van der Waals surface area contributed by atoms with Crippen molar-refractivity contribution in [2.75, 3.05) is 0 Å². The Morgan fingerprint density at radius 2 is 1.71 bits per heavy atom. The van der Waals surface area contributed by atoms with Crippen LogP contribution in [-0.2, 0) is 24.9 Å². The molecule has 0 saturated heterocycles. The minimum Gasteiger partial charge on any atom is -0.512 e. The van der Waals surface area contributed by atoms with E-state index in [9.17, 15) is 4.79 Å². The third kappa shape index (κ3) is 5.85. The molecule has 1 aromatic heterocycles. The van der Waals surface area contributed by atoms with E-state index in [4.69, 9.17) is 5.11 Å². The largest absolute Gasteiger partial charge is 0.512 e. The molecule has 3 rings (SSSR count). The van der Waals surface area contributed by atoms with Gasteiger partial charge in [0.25, 0.3) is 0 Å². The fraction of sp³-hybridized carbons (Fsp3) is 0.250. The maximum Gasteiger partial charge on any atom is 0.155 e. The van der Waals surface area contributed by atoms with Crippen LogP contribution in [0.3, 0.4) is 0 Å². The average molecular weight is 553 g/mol.